The maximum absolute atomic E-state index is 14.4. The van der Waals surface area contributed by atoms with Gasteiger partial charge in [-0.2, -0.15) is 0 Å². The lowest BCUT2D eigenvalue weighted by molar-refractivity contribution is -0.145. The number of phenols is 1. The molecule has 1 unspecified atom stereocenters. The summed E-state index contributed by atoms with van der Waals surface area (Å²) < 4.78 is 34.3. The maximum Gasteiger partial charge on any atom is 0.254 e. The number of nitrogens with one attached hydrogen (secondary N) is 1. The molecule has 0 fully saturated rings. The minimum Gasteiger partial charge on any atom is -0.508 e. The molecule has 0 saturated heterocycles. The van der Waals surface area contributed by atoms with Crippen LogP contribution in [-0.2, 0) is 21.6 Å². The van der Waals surface area contributed by atoms with Gasteiger partial charge in [0.25, 0.3) is 5.91 Å². The summed E-state index contributed by atoms with van der Waals surface area (Å²) in [6, 6.07) is 7.58. The first-order valence-electron chi connectivity index (χ1n) is 7.77. The quantitative estimate of drug-likeness (QED) is 0.443. The lowest BCUT2D eigenvalue weighted by Gasteiger charge is -2.31. The highest BCUT2D eigenvalue weighted by Gasteiger charge is 2.44. The van der Waals surface area contributed by atoms with Gasteiger partial charge in [-0.25, -0.2) is 8.78 Å². The number of primary amides is 1. The number of amidine groups is 1. The van der Waals surface area contributed by atoms with Crippen molar-refractivity contribution in [3.8, 4) is 5.75 Å². The van der Waals surface area contributed by atoms with Gasteiger partial charge in [-0.1, -0.05) is 24.3 Å². The van der Waals surface area contributed by atoms with Gasteiger partial charge in [0.05, 0.1) is 5.56 Å². The van der Waals surface area contributed by atoms with Crippen LogP contribution in [0.15, 0.2) is 36.4 Å². The molecule has 8 heteroatoms. The minimum atomic E-state index is -2.10. The fraction of sp³-hybridized carbons (Fsp3) is 0.222. The van der Waals surface area contributed by atoms with Crippen LogP contribution >= 0.6 is 0 Å². The highest BCUT2D eigenvalue weighted by molar-refractivity contribution is 5.94. The zero-order chi connectivity index (χ0) is 19.5. The first-order valence-corrected chi connectivity index (χ1v) is 7.77. The van der Waals surface area contributed by atoms with E-state index in [-0.39, 0.29) is 18.9 Å². The number of carbonyl (C=O) groups is 1. The largest absolute Gasteiger partial charge is 0.508 e. The van der Waals surface area contributed by atoms with Crippen LogP contribution in [0.1, 0.15) is 23.6 Å². The van der Waals surface area contributed by atoms with Crippen LogP contribution < -0.4 is 11.5 Å². The Morgan fingerprint density at radius 3 is 2.15 bits per heavy atom. The fourth-order valence-corrected chi connectivity index (χ4v) is 2.77. The van der Waals surface area contributed by atoms with Gasteiger partial charge in [0.1, 0.15) is 23.2 Å². The predicted octanol–water partition coefficient (Wildman–Crippen LogP) is 1.91. The highest BCUT2D eigenvalue weighted by atomic mass is 19.1. The third kappa shape index (κ3) is 3.65. The lowest BCUT2D eigenvalue weighted by Crippen LogP contribution is -2.47. The van der Waals surface area contributed by atoms with Crippen LogP contribution in [0, 0.1) is 17.0 Å². The summed E-state index contributed by atoms with van der Waals surface area (Å²) in [4.78, 5) is 12.2. The highest BCUT2D eigenvalue weighted by Crippen LogP contribution is 2.35. The van der Waals surface area contributed by atoms with E-state index in [0.29, 0.717) is 23.3 Å². The number of nitrogen functional groups attached to an aromatic ring is 1. The van der Waals surface area contributed by atoms with Crippen LogP contribution in [0.2, 0.25) is 0 Å². The van der Waals surface area contributed by atoms with Gasteiger partial charge in [-0.05, 0) is 12.5 Å². The number of hydrogen-bond donors (Lipinski definition) is 4. The molecule has 0 aliphatic rings. The minimum absolute atomic E-state index is 0.0335. The number of nitrogens with two attached hydrogens (primary N) is 2. The third-order valence-corrected chi connectivity index (χ3v) is 3.94. The second-order valence-corrected chi connectivity index (χ2v) is 5.70. The van der Waals surface area contributed by atoms with Crippen molar-refractivity contribution in [1.29, 1.82) is 5.41 Å². The summed E-state index contributed by atoms with van der Waals surface area (Å²) in [6.45, 7) is 1.53. The van der Waals surface area contributed by atoms with E-state index < -0.39 is 34.5 Å². The van der Waals surface area contributed by atoms with Crippen molar-refractivity contribution in [2.75, 3.05) is 6.61 Å². The van der Waals surface area contributed by atoms with E-state index in [4.69, 9.17) is 21.6 Å². The van der Waals surface area contributed by atoms with E-state index in [9.17, 15) is 18.7 Å². The first-order chi connectivity index (χ1) is 12.2. The zero-order valence-electron chi connectivity index (χ0n) is 14.1. The first kappa shape index (κ1) is 19.3. The molecule has 0 saturated carbocycles. The monoisotopic (exact) mass is 363 g/mol. The van der Waals surface area contributed by atoms with Gasteiger partial charge in [0.15, 0.2) is 5.60 Å². The number of phenolic OH excluding ortho intramolecular Hbond substituents is 1. The molecule has 0 radical (unpaired) electrons. The number of ether oxygens (including phenoxy) is 1. The molecule has 2 aromatic rings. The summed E-state index contributed by atoms with van der Waals surface area (Å²) in [5.74, 6) is -4.12. The molecule has 2 rings (SSSR count). The molecule has 0 aliphatic carbocycles. The second-order valence-electron chi connectivity index (χ2n) is 5.70. The Labute approximate surface area is 148 Å². The number of benzene rings is 2. The molecule has 138 valence electrons. The van der Waals surface area contributed by atoms with Crippen molar-refractivity contribution in [2.24, 2.45) is 11.5 Å². The van der Waals surface area contributed by atoms with Crippen LogP contribution in [0.25, 0.3) is 0 Å². The molecule has 0 spiro atoms. The van der Waals surface area contributed by atoms with Gasteiger partial charge >= 0.3 is 0 Å². The molecule has 1 atom stereocenters. The topological polar surface area (TPSA) is 122 Å². The third-order valence-electron chi connectivity index (χ3n) is 3.94. The summed E-state index contributed by atoms with van der Waals surface area (Å²) >= 11 is 0. The molecule has 0 heterocycles. The van der Waals surface area contributed by atoms with E-state index in [0.717, 1.165) is 0 Å². The lowest BCUT2D eigenvalue weighted by atomic mass is 9.85. The van der Waals surface area contributed by atoms with Crippen LogP contribution in [0.3, 0.4) is 0 Å². The van der Waals surface area contributed by atoms with Gasteiger partial charge in [-0.3, -0.25) is 10.2 Å². The molecule has 0 aromatic heterocycles. The summed E-state index contributed by atoms with van der Waals surface area (Å²) in [6.07, 6.45) is -0.243. The zero-order valence-corrected chi connectivity index (χ0v) is 14.1. The van der Waals surface area contributed by atoms with Crippen LogP contribution in [-0.4, -0.2) is 23.5 Å². The number of aromatic hydroxyl groups is 1. The molecular weight excluding hydrogens is 344 g/mol. The molecule has 2 aromatic carbocycles. The number of halogens is 2. The molecule has 6 N–H and O–H groups in total. The van der Waals surface area contributed by atoms with Gasteiger partial charge in [0, 0.05) is 30.7 Å². The van der Waals surface area contributed by atoms with Crippen LogP contribution in [0.5, 0.6) is 5.75 Å². The van der Waals surface area contributed by atoms with Crippen molar-refractivity contribution < 1.29 is 23.4 Å². The summed E-state index contributed by atoms with van der Waals surface area (Å²) in [5, 5.41) is 16.7. The molecule has 0 aliphatic heterocycles. The van der Waals surface area contributed by atoms with Gasteiger partial charge < -0.3 is 21.3 Å². The molecule has 0 bridgehead atoms. The SMILES string of the molecule is CCOC(Cc1ccc(C(=N)N)cc1)(C(N)=O)c1c(F)cc(O)cc1F. The Bertz CT molecular complexity index is 817. The average Bonchev–Trinajstić information content (AvgIpc) is 2.54. The summed E-state index contributed by atoms with van der Waals surface area (Å²) in [7, 11) is 0. The molecule has 1 amide bonds. The molecular formula is C18H19F2N3O3. The van der Waals surface area contributed by atoms with E-state index in [1.54, 1.807) is 31.2 Å². The predicted molar refractivity (Wildman–Crippen MR) is 91.7 cm³/mol. The molecule has 6 nitrogen and oxygen atoms in total. The van der Waals surface area contributed by atoms with Gasteiger partial charge in [0.2, 0.25) is 0 Å². The van der Waals surface area contributed by atoms with E-state index in [1.807, 2.05) is 0 Å². The van der Waals surface area contributed by atoms with Crippen molar-refractivity contribution in [3.63, 3.8) is 0 Å². The van der Waals surface area contributed by atoms with Crippen molar-refractivity contribution >= 4 is 11.7 Å². The van der Waals surface area contributed by atoms with Crippen molar-refractivity contribution in [2.45, 2.75) is 18.9 Å². The normalized spacial score (nSPS) is 13.2. The Morgan fingerprint density at radius 2 is 1.73 bits per heavy atom. The Morgan fingerprint density at radius 1 is 1.19 bits per heavy atom. The fourth-order valence-electron chi connectivity index (χ4n) is 2.77. The average molecular weight is 363 g/mol. The second kappa shape index (κ2) is 7.49. The summed E-state index contributed by atoms with van der Waals surface area (Å²) in [5.41, 5.74) is 9.05. The maximum atomic E-state index is 14.4. The standard InChI is InChI=1S/C18H19F2N3O3/c1-2-26-18(17(23)25,15-13(19)7-12(24)8-14(15)20)9-10-3-5-11(6-4-10)16(21)22/h3-8,24H,2,9H2,1H3,(H3,21,22)(H2,23,25). The van der Waals surface area contributed by atoms with E-state index >= 15 is 0 Å². The van der Waals surface area contributed by atoms with Crippen molar-refractivity contribution in [3.05, 3.63) is 64.7 Å². The Hall–Kier alpha value is -3.00. The molecule has 26 heavy (non-hydrogen) atoms. The Kier molecular flexibility index (Phi) is 5.56. The van der Waals surface area contributed by atoms with Gasteiger partial charge in [-0.15, -0.1) is 0 Å². The smallest absolute Gasteiger partial charge is 0.254 e. The Balaban J connectivity index is 2.59. The number of hydrogen-bond acceptors (Lipinski definition) is 4. The number of carbonyl (C=O) groups excluding carboxylic acids is 1. The van der Waals surface area contributed by atoms with Crippen molar-refractivity contribution in [1.82, 2.24) is 0 Å². The number of amides is 1. The van der Waals surface area contributed by atoms with E-state index in [1.165, 1.54) is 0 Å². The van der Waals surface area contributed by atoms with E-state index in [2.05, 4.69) is 0 Å². The van der Waals surface area contributed by atoms with Crippen LogP contribution in [0.4, 0.5) is 8.78 Å². The number of rotatable bonds is 7.